The molecule has 0 unspecified atom stereocenters. The van der Waals surface area contributed by atoms with Crippen molar-refractivity contribution in [1.29, 1.82) is 0 Å². The van der Waals surface area contributed by atoms with Crippen LogP contribution < -0.4 is 0 Å². The Balaban J connectivity index is 2.35. The van der Waals surface area contributed by atoms with Crippen molar-refractivity contribution < 1.29 is 17.6 Å². The zero-order chi connectivity index (χ0) is 15.6. The quantitative estimate of drug-likeness (QED) is 0.670. The van der Waals surface area contributed by atoms with Gasteiger partial charge in [-0.1, -0.05) is 25.6 Å². The predicted molar refractivity (Wildman–Crippen MR) is 75.6 cm³/mol. The smallest absolute Gasteiger partial charge is 0.130 e. The van der Waals surface area contributed by atoms with Gasteiger partial charge in [-0.2, -0.15) is 0 Å². The zero-order valence-corrected chi connectivity index (χ0v) is 12.5. The van der Waals surface area contributed by atoms with Gasteiger partial charge in [0.05, 0.1) is 0 Å². The van der Waals surface area contributed by atoms with Gasteiger partial charge < -0.3 is 0 Å². The van der Waals surface area contributed by atoms with Crippen LogP contribution in [-0.2, 0) is 12.8 Å². The Morgan fingerprint density at radius 3 is 1.19 bits per heavy atom. The molecule has 0 aromatic heterocycles. The van der Waals surface area contributed by atoms with Gasteiger partial charge in [-0.25, -0.2) is 17.6 Å². The standard InChI is InChI=1S/C16H14F4S/c1-3-11-13(17)5-9(6-14(11)18)21-10-7-15(19)12(4-2)16(20)8-10/h5-8H,3-4H2,1-2H3. The molecule has 0 spiro atoms. The molecular formula is C16H14F4S. The summed E-state index contributed by atoms with van der Waals surface area (Å²) in [7, 11) is 0. The van der Waals surface area contributed by atoms with E-state index in [1.165, 1.54) is 24.3 Å². The Morgan fingerprint density at radius 1 is 0.667 bits per heavy atom. The van der Waals surface area contributed by atoms with Crippen LogP contribution in [0, 0.1) is 23.3 Å². The van der Waals surface area contributed by atoms with Gasteiger partial charge in [0.25, 0.3) is 0 Å². The van der Waals surface area contributed by atoms with Crippen LogP contribution in [0.3, 0.4) is 0 Å². The molecule has 0 aliphatic rings. The summed E-state index contributed by atoms with van der Waals surface area (Å²) in [6.45, 7) is 3.31. The largest absolute Gasteiger partial charge is 0.207 e. The van der Waals surface area contributed by atoms with Crippen molar-refractivity contribution in [3.63, 3.8) is 0 Å². The lowest BCUT2D eigenvalue weighted by Crippen LogP contribution is -1.96. The van der Waals surface area contributed by atoms with E-state index in [4.69, 9.17) is 0 Å². The van der Waals surface area contributed by atoms with E-state index in [-0.39, 0.29) is 33.8 Å². The number of benzene rings is 2. The fourth-order valence-corrected chi connectivity index (χ4v) is 3.01. The van der Waals surface area contributed by atoms with Gasteiger partial charge in [0.1, 0.15) is 23.3 Å². The van der Waals surface area contributed by atoms with E-state index in [9.17, 15) is 17.6 Å². The van der Waals surface area contributed by atoms with Crippen LogP contribution in [-0.4, -0.2) is 0 Å². The molecule has 2 rings (SSSR count). The minimum Gasteiger partial charge on any atom is -0.207 e. The predicted octanol–water partition coefficient (Wildman–Crippen LogP) is 5.52. The van der Waals surface area contributed by atoms with E-state index in [2.05, 4.69) is 0 Å². The maximum atomic E-state index is 13.7. The van der Waals surface area contributed by atoms with E-state index < -0.39 is 23.3 Å². The van der Waals surface area contributed by atoms with E-state index >= 15 is 0 Å². The van der Waals surface area contributed by atoms with Crippen molar-refractivity contribution in [2.24, 2.45) is 0 Å². The third-order valence-corrected chi connectivity index (χ3v) is 4.11. The summed E-state index contributed by atoms with van der Waals surface area (Å²) < 4.78 is 54.8. The topological polar surface area (TPSA) is 0 Å². The molecule has 2 aromatic rings. The molecule has 0 radical (unpaired) electrons. The van der Waals surface area contributed by atoms with E-state index in [1.54, 1.807) is 13.8 Å². The first-order valence-electron chi connectivity index (χ1n) is 6.59. The Bertz CT molecular complexity index is 564. The number of halogens is 4. The molecule has 0 atom stereocenters. The highest BCUT2D eigenvalue weighted by Gasteiger charge is 2.13. The zero-order valence-electron chi connectivity index (χ0n) is 11.6. The van der Waals surface area contributed by atoms with E-state index in [1.807, 2.05) is 0 Å². The van der Waals surface area contributed by atoms with Crippen molar-refractivity contribution in [2.45, 2.75) is 36.5 Å². The van der Waals surface area contributed by atoms with Crippen LogP contribution in [0.5, 0.6) is 0 Å². The first kappa shape index (κ1) is 15.9. The fourth-order valence-electron chi connectivity index (χ4n) is 2.09. The highest BCUT2D eigenvalue weighted by Crippen LogP contribution is 2.32. The molecule has 0 amide bonds. The highest BCUT2D eigenvalue weighted by molar-refractivity contribution is 7.99. The summed E-state index contributed by atoms with van der Waals surface area (Å²) in [5.41, 5.74) is 0.0242. The summed E-state index contributed by atoms with van der Waals surface area (Å²) in [5.74, 6) is -2.59. The molecule has 0 N–H and O–H groups in total. The normalized spacial score (nSPS) is 11.0. The maximum absolute atomic E-state index is 13.7. The first-order chi connectivity index (χ1) is 9.96. The second-order valence-electron chi connectivity index (χ2n) is 4.54. The number of hydrogen-bond acceptors (Lipinski definition) is 1. The van der Waals surface area contributed by atoms with Crippen molar-refractivity contribution in [2.75, 3.05) is 0 Å². The van der Waals surface area contributed by atoms with Gasteiger partial charge in [-0.15, -0.1) is 0 Å². The molecule has 0 aliphatic heterocycles. The Hall–Kier alpha value is -1.49. The molecule has 0 fully saturated rings. The summed E-state index contributed by atoms with van der Waals surface area (Å²) in [4.78, 5) is 0.537. The molecule has 112 valence electrons. The van der Waals surface area contributed by atoms with Crippen LogP contribution >= 0.6 is 11.8 Å². The van der Waals surface area contributed by atoms with Crippen LogP contribution in [0.1, 0.15) is 25.0 Å². The average molecular weight is 314 g/mol. The van der Waals surface area contributed by atoms with Crippen LogP contribution in [0.25, 0.3) is 0 Å². The molecule has 21 heavy (non-hydrogen) atoms. The van der Waals surface area contributed by atoms with Crippen molar-refractivity contribution in [3.8, 4) is 0 Å². The second-order valence-corrected chi connectivity index (χ2v) is 5.69. The third-order valence-electron chi connectivity index (χ3n) is 3.17. The van der Waals surface area contributed by atoms with Gasteiger partial charge in [0, 0.05) is 20.9 Å². The fraction of sp³-hybridized carbons (Fsp3) is 0.250. The van der Waals surface area contributed by atoms with E-state index in [0.29, 0.717) is 0 Å². The summed E-state index contributed by atoms with van der Waals surface area (Å²) in [5, 5.41) is 0. The first-order valence-corrected chi connectivity index (χ1v) is 7.41. The van der Waals surface area contributed by atoms with Crippen LogP contribution in [0.4, 0.5) is 17.6 Å². The van der Waals surface area contributed by atoms with Crippen molar-refractivity contribution in [3.05, 3.63) is 58.7 Å². The molecule has 2 aromatic carbocycles. The van der Waals surface area contributed by atoms with Crippen LogP contribution in [0.2, 0.25) is 0 Å². The molecule has 0 aliphatic carbocycles. The van der Waals surface area contributed by atoms with Crippen molar-refractivity contribution in [1.82, 2.24) is 0 Å². The molecule has 5 heteroatoms. The lowest BCUT2D eigenvalue weighted by Gasteiger charge is -2.08. The Labute approximate surface area is 125 Å². The summed E-state index contributed by atoms with van der Waals surface area (Å²) in [6.07, 6.45) is 0.494. The van der Waals surface area contributed by atoms with Gasteiger partial charge >= 0.3 is 0 Å². The average Bonchev–Trinajstić information content (AvgIpc) is 2.38. The van der Waals surface area contributed by atoms with Gasteiger partial charge in [-0.05, 0) is 37.1 Å². The van der Waals surface area contributed by atoms with Gasteiger partial charge in [-0.3, -0.25) is 0 Å². The Morgan fingerprint density at radius 2 is 0.952 bits per heavy atom. The minimum atomic E-state index is -0.647. The number of hydrogen-bond donors (Lipinski definition) is 0. The lowest BCUT2D eigenvalue weighted by molar-refractivity contribution is 0.552. The molecule has 0 bridgehead atoms. The molecule has 0 saturated heterocycles. The second kappa shape index (κ2) is 6.52. The molecule has 0 heterocycles. The van der Waals surface area contributed by atoms with Crippen molar-refractivity contribution >= 4 is 11.8 Å². The molecular weight excluding hydrogens is 300 g/mol. The SMILES string of the molecule is CCc1c(F)cc(Sc2cc(F)c(CC)c(F)c2)cc1F. The summed E-state index contributed by atoms with van der Waals surface area (Å²) >= 11 is 0.923. The minimum absolute atomic E-state index is 0.0121. The third kappa shape index (κ3) is 3.40. The summed E-state index contributed by atoms with van der Waals surface area (Å²) in [6, 6.07) is 4.71. The Kier molecular flexibility index (Phi) is 4.93. The molecule has 0 saturated carbocycles. The molecule has 0 nitrogen and oxygen atoms in total. The monoisotopic (exact) mass is 314 g/mol. The highest BCUT2D eigenvalue weighted by atomic mass is 32.2. The van der Waals surface area contributed by atoms with Gasteiger partial charge in [0.2, 0.25) is 0 Å². The number of rotatable bonds is 4. The van der Waals surface area contributed by atoms with E-state index in [0.717, 1.165) is 11.8 Å². The van der Waals surface area contributed by atoms with Gasteiger partial charge in [0.15, 0.2) is 0 Å². The van der Waals surface area contributed by atoms with Crippen LogP contribution in [0.15, 0.2) is 34.1 Å². The lowest BCUT2D eigenvalue weighted by atomic mass is 10.1. The maximum Gasteiger partial charge on any atom is 0.130 e.